The lowest BCUT2D eigenvalue weighted by Crippen LogP contribution is -2.11. The molecule has 0 saturated heterocycles. The standard InChI is InChI=1S/C13H11FN2O4/c1-2-20-13(19)11-10(12(17)18)7-16(15-11)9-5-3-4-8(14)6-9/h3-7H,2H2,1H3,(H,17,18). The molecule has 0 aliphatic carbocycles. The van der Waals surface area contributed by atoms with Crippen molar-refractivity contribution < 1.29 is 23.8 Å². The summed E-state index contributed by atoms with van der Waals surface area (Å²) >= 11 is 0. The lowest BCUT2D eigenvalue weighted by atomic mass is 10.2. The molecule has 2 aromatic rings. The topological polar surface area (TPSA) is 81.4 Å². The molecule has 0 aliphatic heterocycles. The fraction of sp³-hybridized carbons (Fsp3) is 0.154. The number of aromatic carboxylic acids is 1. The Morgan fingerprint density at radius 2 is 2.20 bits per heavy atom. The molecular formula is C13H11FN2O4. The van der Waals surface area contributed by atoms with E-state index in [0.717, 1.165) is 10.9 Å². The van der Waals surface area contributed by atoms with Crippen LogP contribution in [-0.2, 0) is 4.74 Å². The van der Waals surface area contributed by atoms with Crippen LogP contribution in [0.2, 0.25) is 0 Å². The molecular weight excluding hydrogens is 267 g/mol. The maximum Gasteiger partial charge on any atom is 0.359 e. The van der Waals surface area contributed by atoms with Crippen molar-refractivity contribution in [2.75, 3.05) is 6.61 Å². The number of hydrogen-bond acceptors (Lipinski definition) is 4. The van der Waals surface area contributed by atoms with Gasteiger partial charge in [0.2, 0.25) is 0 Å². The number of hydrogen-bond donors (Lipinski definition) is 1. The maximum absolute atomic E-state index is 13.1. The number of benzene rings is 1. The number of carbonyl (C=O) groups is 2. The van der Waals surface area contributed by atoms with Gasteiger partial charge in [0.05, 0.1) is 12.3 Å². The molecule has 1 heterocycles. The number of nitrogens with zero attached hydrogens (tertiary/aromatic N) is 2. The van der Waals surface area contributed by atoms with Crippen LogP contribution in [0.5, 0.6) is 0 Å². The SMILES string of the molecule is CCOC(=O)c1nn(-c2cccc(F)c2)cc1C(=O)O. The monoisotopic (exact) mass is 278 g/mol. The Bertz CT molecular complexity index is 666. The lowest BCUT2D eigenvalue weighted by Gasteiger charge is -2.00. The van der Waals surface area contributed by atoms with Crippen LogP contribution in [0.4, 0.5) is 4.39 Å². The van der Waals surface area contributed by atoms with E-state index in [-0.39, 0.29) is 17.9 Å². The average Bonchev–Trinajstić information content (AvgIpc) is 2.84. The molecule has 0 bridgehead atoms. The highest BCUT2D eigenvalue weighted by molar-refractivity contribution is 6.00. The van der Waals surface area contributed by atoms with Gasteiger partial charge in [-0.25, -0.2) is 18.7 Å². The first-order valence-corrected chi connectivity index (χ1v) is 5.79. The van der Waals surface area contributed by atoms with E-state index in [4.69, 9.17) is 9.84 Å². The number of aromatic nitrogens is 2. The van der Waals surface area contributed by atoms with Crippen molar-refractivity contribution in [3.63, 3.8) is 0 Å². The molecule has 7 heteroatoms. The molecule has 0 amide bonds. The zero-order valence-corrected chi connectivity index (χ0v) is 10.5. The highest BCUT2D eigenvalue weighted by Crippen LogP contribution is 2.14. The fourth-order valence-corrected chi connectivity index (χ4v) is 1.63. The molecule has 0 atom stereocenters. The Balaban J connectivity index is 2.49. The number of carbonyl (C=O) groups excluding carboxylic acids is 1. The number of rotatable bonds is 4. The normalized spacial score (nSPS) is 10.3. The number of carboxylic acids is 1. The van der Waals surface area contributed by atoms with Gasteiger partial charge in [0.1, 0.15) is 11.4 Å². The van der Waals surface area contributed by atoms with E-state index in [1.54, 1.807) is 6.92 Å². The third-order valence-corrected chi connectivity index (χ3v) is 2.49. The summed E-state index contributed by atoms with van der Waals surface area (Å²) in [5.41, 5.74) is -0.306. The third-order valence-electron chi connectivity index (χ3n) is 2.49. The molecule has 0 unspecified atom stereocenters. The molecule has 0 fully saturated rings. The van der Waals surface area contributed by atoms with Crippen molar-refractivity contribution >= 4 is 11.9 Å². The summed E-state index contributed by atoms with van der Waals surface area (Å²) in [5, 5.41) is 12.9. The number of halogens is 1. The highest BCUT2D eigenvalue weighted by Gasteiger charge is 2.23. The first kappa shape index (κ1) is 13.7. The minimum atomic E-state index is -1.31. The molecule has 1 aromatic carbocycles. The van der Waals surface area contributed by atoms with Crippen molar-refractivity contribution in [2.45, 2.75) is 6.92 Å². The molecule has 104 valence electrons. The fourth-order valence-electron chi connectivity index (χ4n) is 1.63. The highest BCUT2D eigenvalue weighted by atomic mass is 19.1. The number of carboxylic acid groups (broad SMARTS) is 1. The largest absolute Gasteiger partial charge is 0.478 e. The summed E-state index contributed by atoms with van der Waals surface area (Å²) in [6, 6.07) is 5.42. The van der Waals surface area contributed by atoms with Crippen LogP contribution in [0.25, 0.3) is 5.69 Å². The van der Waals surface area contributed by atoms with E-state index in [0.29, 0.717) is 5.69 Å². The van der Waals surface area contributed by atoms with E-state index in [9.17, 15) is 14.0 Å². The first-order valence-electron chi connectivity index (χ1n) is 5.79. The van der Waals surface area contributed by atoms with E-state index < -0.39 is 17.8 Å². The second kappa shape index (κ2) is 5.52. The Labute approximate surface area is 113 Å². The second-order valence-corrected chi connectivity index (χ2v) is 3.84. The van der Waals surface area contributed by atoms with Crippen LogP contribution in [-0.4, -0.2) is 33.4 Å². The van der Waals surface area contributed by atoms with Crippen LogP contribution >= 0.6 is 0 Å². The Hall–Kier alpha value is -2.70. The van der Waals surface area contributed by atoms with Crippen molar-refractivity contribution in [1.82, 2.24) is 9.78 Å². The predicted molar refractivity (Wildman–Crippen MR) is 66.4 cm³/mol. The minimum absolute atomic E-state index is 0.102. The van der Waals surface area contributed by atoms with Gasteiger partial charge in [-0.3, -0.25) is 0 Å². The smallest absolute Gasteiger partial charge is 0.359 e. The van der Waals surface area contributed by atoms with Crippen LogP contribution < -0.4 is 0 Å². The van der Waals surface area contributed by atoms with Gasteiger partial charge in [-0.2, -0.15) is 5.10 Å². The van der Waals surface area contributed by atoms with Crippen molar-refractivity contribution in [3.8, 4) is 5.69 Å². The van der Waals surface area contributed by atoms with Gasteiger partial charge in [0, 0.05) is 6.20 Å². The Morgan fingerprint density at radius 1 is 1.45 bits per heavy atom. The van der Waals surface area contributed by atoms with Crippen LogP contribution in [0, 0.1) is 5.82 Å². The number of esters is 1. The second-order valence-electron chi connectivity index (χ2n) is 3.84. The van der Waals surface area contributed by atoms with Gasteiger partial charge < -0.3 is 9.84 Å². The van der Waals surface area contributed by atoms with E-state index in [1.807, 2.05) is 0 Å². The quantitative estimate of drug-likeness (QED) is 0.864. The predicted octanol–water partition coefficient (Wildman–Crippen LogP) is 1.89. The summed E-state index contributed by atoms with van der Waals surface area (Å²) in [5.74, 6) is -2.64. The van der Waals surface area contributed by atoms with Crippen molar-refractivity contribution in [1.29, 1.82) is 0 Å². The minimum Gasteiger partial charge on any atom is -0.478 e. The molecule has 0 spiro atoms. The average molecular weight is 278 g/mol. The van der Waals surface area contributed by atoms with Crippen LogP contribution in [0.15, 0.2) is 30.5 Å². The molecule has 1 aromatic heterocycles. The van der Waals surface area contributed by atoms with E-state index in [1.165, 1.54) is 24.3 Å². The molecule has 2 rings (SSSR count). The Kier molecular flexibility index (Phi) is 3.79. The lowest BCUT2D eigenvalue weighted by molar-refractivity contribution is 0.0507. The third kappa shape index (κ3) is 2.66. The first-order chi connectivity index (χ1) is 9.52. The van der Waals surface area contributed by atoms with Gasteiger partial charge in [0.25, 0.3) is 0 Å². The van der Waals surface area contributed by atoms with Gasteiger partial charge >= 0.3 is 11.9 Å². The molecule has 0 saturated carbocycles. The van der Waals surface area contributed by atoms with Crippen LogP contribution in [0.1, 0.15) is 27.8 Å². The zero-order chi connectivity index (χ0) is 14.7. The van der Waals surface area contributed by atoms with Crippen molar-refractivity contribution in [3.05, 3.63) is 47.5 Å². The summed E-state index contributed by atoms with van der Waals surface area (Å²) in [6.07, 6.45) is 1.14. The summed E-state index contributed by atoms with van der Waals surface area (Å²) in [6.45, 7) is 1.70. The van der Waals surface area contributed by atoms with Crippen molar-refractivity contribution in [2.24, 2.45) is 0 Å². The number of ether oxygens (including phenoxy) is 1. The molecule has 0 radical (unpaired) electrons. The molecule has 20 heavy (non-hydrogen) atoms. The summed E-state index contributed by atoms with van der Waals surface area (Å²) < 4.78 is 19.0. The summed E-state index contributed by atoms with van der Waals surface area (Å²) in [7, 11) is 0. The summed E-state index contributed by atoms with van der Waals surface area (Å²) in [4.78, 5) is 22.8. The Morgan fingerprint density at radius 3 is 2.80 bits per heavy atom. The van der Waals surface area contributed by atoms with Gasteiger partial charge in [-0.05, 0) is 25.1 Å². The van der Waals surface area contributed by atoms with E-state index in [2.05, 4.69) is 5.10 Å². The van der Waals surface area contributed by atoms with E-state index >= 15 is 0 Å². The molecule has 1 N–H and O–H groups in total. The molecule has 6 nitrogen and oxygen atoms in total. The van der Waals surface area contributed by atoms with Gasteiger partial charge in [0.15, 0.2) is 5.69 Å². The molecule has 0 aliphatic rings. The van der Waals surface area contributed by atoms with Gasteiger partial charge in [-0.15, -0.1) is 0 Å². The van der Waals surface area contributed by atoms with Gasteiger partial charge in [-0.1, -0.05) is 6.07 Å². The van der Waals surface area contributed by atoms with Crippen LogP contribution in [0.3, 0.4) is 0 Å². The maximum atomic E-state index is 13.1. The zero-order valence-electron chi connectivity index (χ0n) is 10.5.